The molecule has 1 saturated carbocycles. The lowest BCUT2D eigenvalue weighted by atomic mass is 9.88. The summed E-state index contributed by atoms with van der Waals surface area (Å²) in [6, 6.07) is 0. The number of rotatable bonds is 28. The number of ether oxygens (including phenoxy) is 8. The topological polar surface area (TPSA) is 210 Å². The molecule has 0 heterocycles. The maximum atomic E-state index is 13.1. The number of carbonyl (C=O) groups is 8. The summed E-state index contributed by atoms with van der Waals surface area (Å²) in [7, 11) is 0. The molecule has 300 valence electrons. The first kappa shape index (κ1) is 46.7. The van der Waals surface area contributed by atoms with Crippen molar-refractivity contribution in [2.75, 3.05) is 26.4 Å². The Hall–Kier alpha value is -5.28. The normalized spacial score (nSPS) is 17.3. The van der Waals surface area contributed by atoms with Crippen molar-refractivity contribution in [1.82, 2.24) is 0 Å². The molecule has 0 amide bonds. The van der Waals surface area contributed by atoms with E-state index in [1.807, 2.05) is 0 Å². The van der Waals surface area contributed by atoms with E-state index in [2.05, 4.69) is 26.3 Å². The van der Waals surface area contributed by atoms with Crippen LogP contribution in [-0.4, -0.2) is 98.6 Å². The van der Waals surface area contributed by atoms with Crippen LogP contribution in [0.4, 0.5) is 0 Å². The van der Waals surface area contributed by atoms with Gasteiger partial charge in [-0.25, -0.2) is 19.2 Å². The molecule has 0 radical (unpaired) electrons. The van der Waals surface area contributed by atoms with Crippen molar-refractivity contribution in [1.29, 1.82) is 0 Å². The first-order valence-corrected chi connectivity index (χ1v) is 17.9. The summed E-state index contributed by atoms with van der Waals surface area (Å²) in [6.45, 7) is 13.5. The van der Waals surface area contributed by atoms with Gasteiger partial charge in [-0.3, -0.25) is 19.2 Å². The van der Waals surface area contributed by atoms with Gasteiger partial charge in [-0.2, -0.15) is 0 Å². The minimum absolute atomic E-state index is 0.0380. The van der Waals surface area contributed by atoms with E-state index < -0.39 is 72.2 Å². The number of hydrogen-bond donors (Lipinski definition) is 0. The van der Waals surface area contributed by atoms with Crippen molar-refractivity contribution in [2.45, 2.75) is 114 Å². The molecule has 0 aromatic rings. The third-order valence-electron chi connectivity index (χ3n) is 7.64. The number of hydrogen-bond acceptors (Lipinski definition) is 16. The van der Waals surface area contributed by atoms with E-state index in [0.29, 0.717) is 38.5 Å². The fraction of sp³-hybridized carbons (Fsp3) is 0.579. The van der Waals surface area contributed by atoms with Gasteiger partial charge in [0.1, 0.15) is 12.2 Å². The van der Waals surface area contributed by atoms with Crippen LogP contribution in [0.3, 0.4) is 0 Å². The average molecular weight is 765 g/mol. The Morgan fingerprint density at radius 2 is 0.630 bits per heavy atom. The molecule has 1 aliphatic carbocycles. The summed E-state index contributed by atoms with van der Waals surface area (Å²) in [5.74, 6) is -5.16. The Morgan fingerprint density at radius 1 is 0.389 bits per heavy atom. The Kier molecular flexibility index (Phi) is 24.5. The summed E-state index contributed by atoms with van der Waals surface area (Å²) in [5, 5.41) is 0. The van der Waals surface area contributed by atoms with Crippen LogP contribution in [0.5, 0.6) is 0 Å². The molecule has 16 heteroatoms. The molecule has 0 aromatic carbocycles. The van der Waals surface area contributed by atoms with Gasteiger partial charge >= 0.3 is 47.8 Å². The lowest BCUT2D eigenvalue weighted by Gasteiger charge is -2.40. The number of carbonyl (C=O) groups excluding carboxylic acids is 8. The first-order chi connectivity index (χ1) is 25.9. The van der Waals surface area contributed by atoms with Crippen LogP contribution < -0.4 is 0 Å². The van der Waals surface area contributed by atoms with Crippen molar-refractivity contribution in [2.24, 2.45) is 0 Å². The van der Waals surface area contributed by atoms with Crippen LogP contribution in [0.25, 0.3) is 0 Å². The average Bonchev–Trinajstić information content (AvgIpc) is 3.15. The van der Waals surface area contributed by atoms with Crippen molar-refractivity contribution in [3.8, 4) is 0 Å². The lowest BCUT2D eigenvalue weighted by molar-refractivity contribution is -0.212. The second kappa shape index (κ2) is 28.3. The van der Waals surface area contributed by atoms with Gasteiger partial charge < -0.3 is 37.9 Å². The third kappa shape index (κ3) is 21.3. The van der Waals surface area contributed by atoms with E-state index in [4.69, 9.17) is 37.9 Å². The van der Waals surface area contributed by atoms with E-state index in [9.17, 15) is 38.4 Å². The standard InChI is InChI=1S/C38H52O16/c1-5-29(39)47-23-13-9-17-33(43)51-27-21-22-28(52-34(44)18-10-14-24-48-30(40)6-2)38(54-36(46)20-12-16-26-50-32(42)8-4)37(27)53-35(45)19-11-15-25-49-31(41)7-3/h5-8,27-28,37-38H,1-4,9-26H2/t27-,28+,37-,38-/m0/s1. The molecule has 0 bridgehead atoms. The van der Waals surface area contributed by atoms with Gasteiger partial charge in [0.25, 0.3) is 0 Å². The summed E-state index contributed by atoms with van der Waals surface area (Å²) < 4.78 is 42.7. The van der Waals surface area contributed by atoms with Crippen molar-refractivity contribution in [3.63, 3.8) is 0 Å². The van der Waals surface area contributed by atoms with E-state index in [-0.39, 0.29) is 77.8 Å². The SMILES string of the molecule is C=CC(=O)OCCCCC(=O)O[C@@H]1[C@@H](OC(=O)CCCCOC(=O)C=C)[C@H](OC(=O)CCCCOC(=O)C=C)CC[C@@H]1OC(=O)CCCCOC(=O)C=C. The second-order valence-electron chi connectivity index (χ2n) is 11.9. The minimum atomic E-state index is -1.36. The molecule has 16 nitrogen and oxygen atoms in total. The van der Waals surface area contributed by atoms with Crippen molar-refractivity contribution < 1.29 is 76.3 Å². The molecule has 1 aliphatic rings. The minimum Gasteiger partial charge on any atom is -0.463 e. The molecule has 0 aromatic heterocycles. The van der Waals surface area contributed by atoms with Gasteiger partial charge in [-0.05, 0) is 64.2 Å². The quantitative estimate of drug-likeness (QED) is 0.0476. The van der Waals surface area contributed by atoms with Gasteiger partial charge in [0.05, 0.1) is 26.4 Å². The lowest BCUT2D eigenvalue weighted by Crippen LogP contribution is -2.55. The molecule has 0 spiro atoms. The van der Waals surface area contributed by atoms with Crippen LogP contribution in [0.2, 0.25) is 0 Å². The molecule has 54 heavy (non-hydrogen) atoms. The smallest absolute Gasteiger partial charge is 0.330 e. The van der Waals surface area contributed by atoms with Crippen LogP contribution in [0.15, 0.2) is 50.6 Å². The predicted octanol–water partition coefficient (Wildman–Crippen LogP) is 4.03. The van der Waals surface area contributed by atoms with Gasteiger partial charge in [0.2, 0.25) is 0 Å². The van der Waals surface area contributed by atoms with E-state index in [1.54, 1.807) is 0 Å². The van der Waals surface area contributed by atoms with Crippen LogP contribution in [-0.2, 0) is 76.3 Å². The van der Waals surface area contributed by atoms with Crippen LogP contribution in [0, 0.1) is 0 Å². The maximum Gasteiger partial charge on any atom is 0.330 e. The third-order valence-corrected chi connectivity index (χ3v) is 7.64. The molecule has 0 unspecified atom stereocenters. The largest absolute Gasteiger partial charge is 0.463 e. The second-order valence-corrected chi connectivity index (χ2v) is 11.9. The van der Waals surface area contributed by atoms with Crippen molar-refractivity contribution in [3.05, 3.63) is 50.6 Å². The Morgan fingerprint density at radius 3 is 0.870 bits per heavy atom. The summed E-state index contributed by atoms with van der Waals surface area (Å²) >= 11 is 0. The van der Waals surface area contributed by atoms with E-state index in [1.165, 1.54) is 0 Å². The van der Waals surface area contributed by atoms with Gasteiger partial charge in [0.15, 0.2) is 12.2 Å². The Labute approximate surface area is 315 Å². The highest BCUT2D eigenvalue weighted by molar-refractivity contribution is 5.82. The zero-order valence-electron chi connectivity index (χ0n) is 30.7. The molecule has 1 fully saturated rings. The van der Waals surface area contributed by atoms with E-state index >= 15 is 0 Å². The van der Waals surface area contributed by atoms with Crippen molar-refractivity contribution >= 4 is 47.8 Å². The molecular formula is C38H52O16. The maximum absolute atomic E-state index is 13.1. The molecule has 1 rings (SSSR count). The molecule has 0 aliphatic heterocycles. The van der Waals surface area contributed by atoms with Gasteiger partial charge in [-0.1, -0.05) is 26.3 Å². The number of unbranched alkanes of at least 4 members (excludes halogenated alkanes) is 4. The molecule has 0 N–H and O–H groups in total. The Balaban J connectivity index is 3.12. The van der Waals surface area contributed by atoms with E-state index in [0.717, 1.165) is 24.3 Å². The summed E-state index contributed by atoms with van der Waals surface area (Å²) in [5.41, 5.74) is 0. The molecule has 4 atom stereocenters. The highest BCUT2D eigenvalue weighted by Crippen LogP contribution is 2.31. The highest BCUT2D eigenvalue weighted by Gasteiger charge is 2.48. The highest BCUT2D eigenvalue weighted by atomic mass is 16.6. The zero-order chi connectivity index (χ0) is 40.1. The molecular weight excluding hydrogens is 712 g/mol. The molecule has 0 saturated heterocycles. The fourth-order valence-corrected chi connectivity index (χ4v) is 4.91. The zero-order valence-corrected chi connectivity index (χ0v) is 30.7. The fourth-order valence-electron chi connectivity index (χ4n) is 4.91. The van der Waals surface area contributed by atoms with Crippen LogP contribution >= 0.6 is 0 Å². The first-order valence-electron chi connectivity index (χ1n) is 17.9. The summed E-state index contributed by atoms with van der Waals surface area (Å²) in [6.07, 6.45) is 1.48. The summed E-state index contributed by atoms with van der Waals surface area (Å²) in [4.78, 5) is 97.2. The van der Waals surface area contributed by atoms with Gasteiger partial charge in [-0.15, -0.1) is 0 Å². The van der Waals surface area contributed by atoms with Crippen LogP contribution in [0.1, 0.15) is 89.9 Å². The van der Waals surface area contributed by atoms with Gasteiger partial charge in [0, 0.05) is 50.0 Å². The predicted molar refractivity (Wildman–Crippen MR) is 189 cm³/mol. The monoisotopic (exact) mass is 764 g/mol. The Bertz CT molecular complexity index is 1210. The number of esters is 8.